The fraction of sp³-hybridized carbons (Fsp3) is 0.867. The summed E-state index contributed by atoms with van der Waals surface area (Å²) in [5.74, 6) is -0.235. The van der Waals surface area contributed by atoms with E-state index in [2.05, 4.69) is 0 Å². The highest BCUT2D eigenvalue weighted by atomic mass is 16.4. The van der Waals surface area contributed by atoms with Gasteiger partial charge in [0, 0.05) is 20.0 Å². The molecule has 0 aliphatic heterocycles. The lowest BCUT2D eigenvalue weighted by Gasteiger charge is -2.26. The van der Waals surface area contributed by atoms with Crippen LogP contribution in [0.1, 0.15) is 58.8 Å². The average molecular weight is 269 g/mol. The van der Waals surface area contributed by atoms with Crippen molar-refractivity contribution >= 4 is 11.9 Å². The van der Waals surface area contributed by atoms with Crippen LogP contribution >= 0.6 is 0 Å². The summed E-state index contributed by atoms with van der Waals surface area (Å²) in [4.78, 5) is 24.7. The molecule has 1 rings (SSSR count). The first-order valence-corrected chi connectivity index (χ1v) is 7.30. The first kappa shape index (κ1) is 16.0. The van der Waals surface area contributed by atoms with E-state index >= 15 is 0 Å². The van der Waals surface area contributed by atoms with Crippen LogP contribution in [0, 0.1) is 11.3 Å². The summed E-state index contributed by atoms with van der Waals surface area (Å²) < 4.78 is 0. The van der Waals surface area contributed by atoms with Crippen molar-refractivity contribution in [1.82, 2.24) is 4.90 Å². The van der Waals surface area contributed by atoms with Gasteiger partial charge in [-0.05, 0) is 26.2 Å². The zero-order valence-corrected chi connectivity index (χ0v) is 12.4. The van der Waals surface area contributed by atoms with Crippen molar-refractivity contribution in [2.45, 2.75) is 58.8 Å². The number of hydrogen-bond donors (Lipinski definition) is 1. The molecule has 0 bridgehead atoms. The highest BCUT2D eigenvalue weighted by molar-refractivity contribution is 5.84. The molecule has 0 aromatic carbocycles. The molecule has 0 aromatic rings. The molecular formula is C15H27NO3. The Hall–Kier alpha value is -1.06. The number of rotatable bonds is 6. The van der Waals surface area contributed by atoms with Crippen molar-refractivity contribution in [3.63, 3.8) is 0 Å². The van der Waals surface area contributed by atoms with Crippen LogP contribution in [0.15, 0.2) is 0 Å². The van der Waals surface area contributed by atoms with Crippen LogP contribution in [0.5, 0.6) is 0 Å². The molecule has 0 spiro atoms. The maximum atomic E-state index is 12.0. The molecule has 4 heteroatoms. The molecular weight excluding hydrogens is 242 g/mol. The Balaban J connectivity index is 2.34. The number of hydrogen-bond acceptors (Lipinski definition) is 2. The molecule has 1 amide bonds. The molecule has 0 saturated heterocycles. The number of aliphatic carboxylic acids is 1. The second kappa shape index (κ2) is 6.92. The minimum Gasteiger partial charge on any atom is -0.481 e. The predicted molar refractivity (Wildman–Crippen MR) is 74.9 cm³/mol. The summed E-state index contributed by atoms with van der Waals surface area (Å²) in [6, 6.07) is 0. The summed E-state index contributed by atoms with van der Waals surface area (Å²) in [6.07, 6.45) is 7.66. The van der Waals surface area contributed by atoms with Crippen LogP contribution in [0.2, 0.25) is 0 Å². The molecule has 0 unspecified atom stereocenters. The van der Waals surface area contributed by atoms with E-state index in [0.717, 1.165) is 18.9 Å². The Morgan fingerprint density at radius 2 is 1.79 bits per heavy atom. The first-order chi connectivity index (χ1) is 8.83. The maximum Gasteiger partial charge on any atom is 0.309 e. The van der Waals surface area contributed by atoms with E-state index in [9.17, 15) is 9.59 Å². The number of carboxylic acids is 1. The van der Waals surface area contributed by atoms with Gasteiger partial charge < -0.3 is 10.0 Å². The molecule has 0 aromatic heterocycles. The molecule has 0 heterocycles. The fourth-order valence-corrected chi connectivity index (χ4v) is 2.57. The third kappa shape index (κ3) is 5.21. The average Bonchev–Trinajstić information content (AvgIpc) is 2.36. The number of amides is 1. The topological polar surface area (TPSA) is 57.6 Å². The number of nitrogens with zero attached hydrogens (tertiary/aromatic N) is 1. The Labute approximate surface area is 116 Å². The largest absolute Gasteiger partial charge is 0.481 e. The molecule has 1 aliphatic rings. The van der Waals surface area contributed by atoms with Gasteiger partial charge in [0.05, 0.1) is 5.41 Å². The van der Waals surface area contributed by atoms with Crippen molar-refractivity contribution in [2.75, 3.05) is 13.6 Å². The lowest BCUT2D eigenvalue weighted by Crippen LogP contribution is -2.35. The second-order valence-electron chi connectivity index (χ2n) is 6.47. The fourth-order valence-electron chi connectivity index (χ4n) is 2.57. The van der Waals surface area contributed by atoms with Crippen molar-refractivity contribution in [2.24, 2.45) is 11.3 Å². The van der Waals surface area contributed by atoms with Crippen molar-refractivity contribution in [3.8, 4) is 0 Å². The molecule has 1 N–H and O–H groups in total. The highest BCUT2D eigenvalue weighted by Gasteiger charge is 2.31. The maximum absolute atomic E-state index is 12.0. The number of carboxylic acid groups (broad SMARTS) is 1. The van der Waals surface area contributed by atoms with E-state index in [1.807, 2.05) is 0 Å². The summed E-state index contributed by atoms with van der Waals surface area (Å²) in [5, 5.41) is 9.03. The van der Waals surface area contributed by atoms with Gasteiger partial charge in [-0.2, -0.15) is 0 Å². The summed E-state index contributed by atoms with van der Waals surface area (Å²) >= 11 is 0. The molecule has 0 atom stereocenters. The van der Waals surface area contributed by atoms with Crippen LogP contribution in [-0.2, 0) is 9.59 Å². The van der Waals surface area contributed by atoms with Crippen molar-refractivity contribution in [1.29, 1.82) is 0 Å². The Kier molecular flexibility index (Phi) is 5.83. The Morgan fingerprint density at radius 3 is 2.32 bits per heavy atom. The molecule has 1 saturated carbocycles. The van der Waals surface area contributed by atoms with Gasteiger partial charge in [-0.3, -0.25) is 9.59 Å². The lowest BCUT2D eigenvalue weighted by atomic mass is 9.86. The van der Waals surface area contributed by atoms with Gasteiger partial charge in [0.15, 0.2) is 0 Å². The van der Waals surface area contributed by atoms with Crippen LogP contribution in [0.25, 0.3) is 0 Å². The minimum absolute atomic E-state index is 0.0665. The van der Waals surface area contributed by atoms with E-state index < -0.39 is 11.4 Å². The van der Waals surface area contributed by atoms with E-state index in [4.69, 9.17) is 5.11 Å². The standard InChI is InChI=1S/C15H27NO3/c1-15(2,14(18)19)11-13(17)16(3)10-9-12-7-5-4-6-8-12/h12H,4-11H2,1-3H3,(H,18,19). The quantitative estimate of drug-likeness (QED) is 0.806. The van der Waals surface area contributed by atoms with E-state index in [0.29, 0.717) is 0 Å². The lowest BCUT2D eigenvalue weighted by molar-refractivity contribution is -0.151. The third-order valence-electron chi connectivity index (χ3n) is 4.20. The number of carbonyl (C=O) groups excluding carboxylic acids is 1. The third-order valence-corrected chi connectivity index (χ3v) is 4.20. The predicted octanol–water partition coefficient (Wildman–Crippen LogP) is 2.92. The van der Waals surface area contributed by atoms with Gasteiger partial charge in [0.2, 0.25) is 5.91 Å². The molecule has 0 radical (unpaired) electrons. The molecule has 19 heavy (non-hydrogen) atoms. The van der Waals surface area contributed by atoms with Crippen LogP contribution in [0.3, 0.4) is 0 Å². The van der Waals surface area contributed by atoms with E-state index in [1.54, 1.807) is 25.8 Å². The van der Waals surface area contributed by atoms with Crippen molar-refractivity contribution < 1.29 is 14.7 Å². The molecule has 1 fully saturated rings. The normalized spacial score (nSPS) is 17.2. The minimum atomic E-state index is -0.976. The van der Waals surface area contributed by atoms with Gasteiger partial charge >= 0.3 is 5.97 Å². The molecule has 110 valence electrons. The zero-order chi connectivity index (χ0) is 14.5. The Bertz CT molecular complexity index is 319. The van der Waals surface area contributed by atoms with Crippen LogP contribution in [-0.4, -0.2) is 35.5 Å². The Morgan fingerprint density at radius 1 is 1.21 bits per heavy atom. The second-order valence-corrected chi connectivity index (χ2v) is 6.47. The highest BCUT2D eigenvalue weighted by Crippen LogP contribution is 2.27. The SMILES string of the molecule is CN(CCC1CCCCC1)C(=O)CC(C)(C)C(=O)O. The van der Waals surface area contributed by atoms with Crippen LogP contribution < -0.4 is 0 Å². The summed E-state index contributed by atoms with van der Waals surface area (Å²) in [5.41, 5.74) is -0.976. The van der Waals surface area contributed by atoms with Gasteiger partial charge in [-0.25, -0.2) is 0 Å². The molecule has 1 aliphatic carbocycles. The van der Waals surface area contributed by atoms with Gasteiger partial charge in [-0.1, -0.05) is 32.1 Å². The number of carbonyl (C=O) groups is 2. The summed E-state index contributed by atoms with van der Waals surface area (Å²) in [7, 11) is 1.78. The first-order valence-electron chi connectivity index (χ1n) is 7.30. The molecule has 4 nitrogen and oxygen atoms in total. The monoisotopic (exact) mass is 269 g/mol. The zero-order valence-electron chi connectivity index (χ0n) is 12.4. The van der Waals surface area contributed by atoms with Gasteiger partial charge in [0.1, 0.15) is 0 Å². The summed E-state index contributed by atoms with van der Waals surface area (Å²) in [6.45, 7) is 3.95. The van der Waals surface area contributed by atoms with Crippen molar-refractivity contribution in [3.05, 3.63) is 0 Å². The van der Waals surface area contributed by atoms with Gasteiger partial charge in [0.25, 0.3) is 0 Å². The van der Waals surface area contributed by atoms with E-state index in [1.165, 1.54) is 32.1 Å². The van der Waals surface area contributed by atoms with E-state index in [-0.39, 0.29) is 12.3 Å². The van der Waals surface area contributed by atoms with Gasteiger partial charge in [-0.15, -0.1) is 0 Å². The van der Waals surface area contributed by atoms with Crippen LogP contribution in [0.4, 0.5) is 0 Å². The smallest absolute Gasteiger partial charge is 0.309 e.